The summed E-state index contributed by atoms with van der Waals surface area (Å²) in [4.78, 5) is 51.2. The summed E-state index contributed by atoms with van der Waals surface area (Å²) in [5.74, 6) is -3.22. The van der Waals surface area contributed by atoms with Gasteiger partial charge in [0.25, 0.3) is 0 Å². The molecular formula is C67H106O12. The van der Waals surface area contributed by atoms with Crippen molar-refractivity contribution >= 4 is 23.9 Å². The molecule has 12 nitrogen and oxygen atoms in total. The number of esters is 3. The molecule has 0 aliphatic carbocycles. The summed E-state index contributed by atoms with van der Waals surface area (Å²) in [5.41, 5.74) is 0. The van der Waals surface area contributed by atoms with Crippen molar-refractivity contribution in [3.05, 3.63) is 122 Å². The Kier molecular flexibility index (Phi) is 49.1. The highest BCUT2D eigenvalue weighted by Gasteiger charge is 2.50. The summed E-state index contributed by atoms with van der Waals surface area (Å²) in [7, 11) is 0. The van der Waals surface area contributed by atoms with Gasteiger partial charge in [-0.05, 0) is 128 Å². The molecule has 79 heavy (non-hydrogen) atoms. The number of aliphatic hydroxyl groups is 2. The first-order valence-corrected chi connectivity index (χ1v) is 30.5. The van der Waals surface area contributed by atoms with Crippen LogP contribution in [0, 0.1) is 0 Å². The quantitative estimate of drug-likeness (QED) is 0.0228. The van der Waals surface area contributed by atoms with Gasteiger partial charge in [0.05, 0.1) is 6.61 Å². The first-order valence-electron chi connectivity index (χ1n) is 30.5. The van der Waals surface area contributed by atoms with E-state index in [0.29, 0.717) is 19.3 Å². The lowest BCUT2D eigenvalue weighted by atomic mass is 9.98. The summed E-state index contributed by atoms with van der Waals surface area (Å²) in [5, 5.41) is 31.5. The largest absolute Gasteiger partial charge is 0.479 e. The number of carboxylic acid groups (broad SMARTS) is 1. The van der Waals surface area contributed by atoms with E-state index in [1.807, 2.05) is 0 Å². The van der Waals surface area contributed by atoms with Gasteiger partial charge in [-0.25, -0.2) is 4.79 Å². The van der Waals surface area contributed by atoms with E-state index in [1.165, 1.54) is 25.7 Å². The Morgan fingerprint density at radius 1 is 0.430 bits per heavy atom. The maximum atomic E-state index is 13.2. The average molecular weight is 1100 g/mol. The van der Waals surface area contributed by atoms with E-state index >= 15 is 0 Å². The van der Waals surface area contributed by atoms with Crippen molar-refractivity contribution in [1.82, 2.24) is 0 Å². The molecule has 0 aromatic heterocycles. The lowest BCUT2D eigenvalue weighted by Crippen LogP contribution is -2.61. The number of carboxylic acids is 1. The van der Waals surface area contributed by atoms with E-state index < -0.39 is 67.3 Å². The van der Waals surface area contributed by atoms with Gasteiger partial charge < -0.3 is 39.0 Å². The van der Waals surface area contributed by atoms with Crippen molar-refractivity contribution in [2.24, 2.45) is 0 Å². The topological polar surface area (TPSA) is 175 Å². The second kappa shape index (κ2) is 53.7. The van der Waals surface area contributed by atoms with Crippen LogP contribution in [0.3, 0.4) is 0 Å². The molecule has 1 saturated heterocycles. The van der Waals surface area contributed by atoms with Gasteiger partial charge in [0.1, 0.15) is 18.8 Å². The van der Waals surface area contributed by atoms with Gasteiger partial charge in [-0.1, -0.05) is 200 Å². The molecule has 1 aliphatic heterocycles. The Labute approximate surface area is 478 Å². The van der Waals surface area contributed by atoms with E-state index in [2.05, 4.69) is 142 Å². The number of rotatable bonds is 50. The van der Waals surface area contributed by atoms with E-state index in [0.717, 1.165) is 141 Å². The molecule has 0 radical (unpaired) electrons. The minimum absolute atomic E-state index is 0.0378. The third kappa shape index (κ3) is 43.6. The van der Waals surface area contributed by atoms with Gasteiger partial charge in [0.2, 0.25) is 0 Å². The molecule has 0 amide bonds. The summed E-state index contributed by atoms with van der Waals surface area (Å²) in [6.07, 6.45) is 61.6. The monoisotopic (exact) mass is 1100 g/mol. The zero-order chi connectivity index (χ0) is 57.5. The van der Waals surface area contributed by atoms with Gasteiger partial charge in [0.15, 0.2) is 24.6 Å². The molecule has 1 fully saturated rings. The van der Waals surface area contributed by atoms with Crippen LogP contribution >= 0.6 is 0 Å². The highest BCUT2D eigenvalue weighted by molar-refractivity contribution is 5.74. The number of allylic oxidation sites excluding steroid dienone is 20. The van der Waals surface area contributed by atoms with Crippen LogP contribution in [0.1, 0.15) is 226 Å². The zero-order valence-electron chi connectivity index (χ0n) is 49.1. The molecule has 0 saturated carbocycles. The molecular weight excluding hydrogens is 997 g/mol. The van der Waals surface area contributed by atoms with Crippen molar-refractivity contribution in [1.29, 1.82) is 0 Å². The van der Waals surface area contributed by atoms with Crippen LogP contribution < -0.4 is 0 Å². The highest BCUT2D eigenvalue weighted by Crippen LogP contribution is 2.26. The number of hydrogen-bond donors (Lipinski definition) is 3. The predicted molar refractivity (Wildman–Crippen MR) is 321 cm³/mol. The van der Waals surface area contributed by atoms with E-state index in [1.54, 1.807) is 0 Å². The maximum Gasteiger partial charge on any atom is 0.335 e. The van der Waals surface area contributed by atoms with Crippen molar-refractivity contribution < 1.29 is 58.2 Å². The number of ether oxygens (including phenoxy) is 5. The summed E-state index contributed by atoms with van der Waals surface area (Å²) in [6.45, 7) is 5.69. The van der Waals surface area contributed by atoms with Gasteiger partial charge in [-0.15, -0.1) is 0 Å². The number of carbonyl (C=O) groups excluding carboxylic acids is 3. The molecule has 1 aliphatic rings. The van der Waals surface area contributed by atoms with Crippen LogP contribution in [-0.2, 0) is 42.9 Å². The first kappa shape index (κ1) is 72.1. The molecule has 6 atom stereocenters. The Hall–Kier alpha value is -4.88. The number of carbonyl (C=O) groups is 4. The molecule has 0 aromatic carbocycles. The smallest absolute Gasteiger partial charge is 0.335 e. The molecule has 6 unspecified atom stereocenters. The standard InChI is InChI=1S/C67H106O12/c1-4-7-10-13-16-19-22-25-27-29-30-32-33-36-38-41-44-47-50-53-59(68)75-56-58(77-60(69)54-51-48-45-42-40-37-34-31-28-26-23-20-17-14-11-8-5-2)57-76-67-65(63(72)62(71)64(79-67)66(73)74)78-61(70)55-52-49-46-43-39-35-24-21-18-15-12-9-6-3/h7-8,10-11,16-17,19-21,24-28,30,32,34,36-38,58,62-65,67,71-72H,4-6,9,12-15,18,22-23,29,31,33,35,39-57H2,1-3H3,(H,73,74)/b10-7-,11-8-,19-16-,20-17-,24-21-,27-25-,28-26-,32-30-,37-34-,38-36-. The van der Waals surface area contributed by atoms with Crippen molar-refractivity contribution in [3.63, 3.8) is 0 Å². The predicted octanol–water partition coefficient (Wildman–Crippen LogP) is 16.0. The van der Waals surface area contributed by atoms with Crippen LogP contribution in [0.4, 0.5) is 0 Å². The Bertz CT molecular complexity index is 1840. The normalized spacial score (nSPS) is 18.7. The van der Waals surface area contributed by atoms with Crippen LogP contribution in [-0.4, -0.2) is 89.2 Å². The fourth-order valence-electron chi connectivity index (χ4n) is 8.38. The third-order valence-electron chi connectivity index (χ3n) is 13.0. The van der Waals surface area contributed by atoms with E-state index in [4.69, 9.17) is 23.7 Å². The summed E-state index contributed by atoms with van der Waals surface area (Å²) in [6, 6.07) is 0. The number of hydrogen-bond acceptors (Lipinski definition) is 11. The molecule has 12 heteroatoms. The van der Waals surface area contributed by atoms with Gasteiger partial charge >= 0.3 is 23.9 Å². The molecule has 3 N–H and O–H groups in total. The summed E-state index contributed by atoms with van der Waals surface area (Å²) >= 11 is 0. The van der Waals surface area contributed by atoms with Crippen molar-refractivity contribution in [2.75, 3.05) is 13.2 Å². The number of aliphatic hydroxyl groups excluding tert-OH is 2. The Morgan fingerprint density at radius 2 is 0.797 bits per heavy atom. The first-order chi connectivity index (χ1) is 38.6. The SMILES string of the molecule is CC/C=C\C/C=C\C/C=C\C/C=C\C/C=C\CCCCCC(=O)OCC(COC1OC(C(=O)O)C(O)C(O)C1OC(=O)CCCCCCC/C=C\CCCCCC)OC(=O)CCCCCC/C=C\C/C=C\C/C=C\C/C=C\CC. The molecule has 0 bridgehead atoms. The fourth-order valence-corrected chi connectivity index (χ4v) is 8.38. The maximum absolute atomic E-state index is 13.2. The van der Waals surface area contributed by atoms with Gasteiger partial charge in [0, 0.05) is 19.3 Å². The van der Waals surface area contributed by atoms with E-state index in [9.17, 15) is 34.5 Å². The second-order valence-electron chi connectivity index (χ2n) is 20.2. The lowest BCUT2D eigenvalue weighted by molar-refractivity contribution is -0.301. The fraction of sp³-hybridized carbons (Fsp3) is 0.642. The Morgan fingerprint density at radius 3 is 1.24 bits per heavy atom. The number of aliphatic carboxylic acids is 1. The zero-order valence-corrected chi connectivity index (χ0v) is 49.1. The average Bonchev–Trinajstić information content (AvgIpc) is 3.44. The van der Waals surface area contributed by atoms with Crippen LogP contribution in [0.15, 0.2) is 122 Å². The molecule has 446 valence electrons. The van der Waals surface area contributed by atoms with Gasteiger partial charge in [-0.2, -0.15) is 0 Å². The minimum atomic E-state index is -1.92. The Balaban J connectivity index is 2.74. The van der Waals surface area contributed by atoms with Gasteiger partial charge in [-0.3, -0.25) is 14.4 Å². The molecule has 1 rings (SSSR count). The van der Waals surface area contributed by atoms with Crippen LogP contribution in [0.2, 0.25) is 0 Å². The van der Waals surface area contributed by atoms with Crippen molar-refractivity contribution in [2.45, 2.75) is 263 Å². The lowest BCUT2D eigenvalue weighted by Gasteiger charge is -2.40. The van der Waals surface area contributed by atoms with Crippen LogP contribution in [0.25, 0.3) is 0 Å². The number of unbranched alkanes of at least 4 members (excludes halogenated alkanes) is 16. The molecule has 1 heterocycles. The van der Waals surface area contributed by atoms with E-state index in [-0.39, 0.29) is 25.9 Å². The molecule has 0 spiro atoms. The van der Waals surface area contributed by atoms with Crippen LogP contribution in [0.5, 0.6) is 0 Å². The molecule has 0 aromatic rings. The highest BCUT2D eigenvalue weighted by atomic mass is 16.7. The minimum Gasteiger partial charge on any atom is -0.479 e. The third-order valence-corrected chi connectivity index (χ3v) is 13.0. The van der Waals surface area contributed by atoms with Crippen molar-refractivity contribution in [3.8, 4) is 0 Å². The second-order valence-corrected chi connectivity index (χ2v) is 20.2. The summed E-state index contributed by atoms with van der Waals surface area (Å²) < 4.78 is 28.4.